The minimum atomic E-state index is 0.532. The molecule has 2 aliphatic rings. The SMILES string of the molecule is c1ccc2c(c1)CCCC2NC1CCCC1n1ccnc1. The van der Waals surface area contributed by atoms with Crippen LogP contribution in [0, 0.1) is 0 Å². The van der Waals surface area contributed by atoms with Crippen molar-refractivity contribution in [2.75, 3.05) is 0 Å². The molecule has 3 atom stereocenters. The molecular formula is C18H23N3. The highest BCUT2D eigenvalue weighted by molar-refractivity contribution is 5.32. The van der Waals surface area contributed by atoms with Crippen molar-refractivity contribution in [3.05, 3.63) is 54.1 Å². The monoisotopic (exact) mass is 281 g/mol. The van der Waals surface area contributed by atoms with Gasteiger partial charge in [-0.2, -0.15) is 0 Å². The molecule has 0 radical (unpaired) electrons. The van der Waals surface area contributed by atoms with E-state index in [0.717, 1.165) is 0 Å². The van der Waals surface area contributed by atoms with Crippen LogP contribution in [0.15, 0.2) is 43.0 Å². The standard InChI is InChI=1S/C18H23N3/c1-2-7-15-14(5-1)6-3-8-16(15)20-17-9-4-10-18(17)21-12-11-19-13-21/h1-2,5,7,11-13,16-18,20H,3-4,6,8-10H2. The number of nitrogens with zero attached hydrogens (tertiary/aromatic N) is 2. The molecule has 1 N–H and O–H groups in total. The number of nitrogens with one attached hydrogen (secondary N) is 1. The maximum Gasteiger partial charge on any atom is 0.0949 e. The van der Waals surface area contributed by atoms with Crippen LogP contribution in [0.5, 0.6) is 0 Å². The molecule has 110 valence electrons. The highest BCUT2D eigenvalue weighted by atomic mass is 15.1. The van der Waals surface area contributed by atoms with Crippen LogP contribution in [0.4, 0.5) is 0 Å². The van der Waals surface area contributed by atoms with Gasteiger partial charge in [-0.15, -0.1) is 0 Å². The molecule has 0 amide bonds. The largest absolute Gasteiger partial charge is 0.333 e. The van der Waals surface area contributed by atoms with Crippen molar-refractivity contribution in [3.63, 3.8) is 0 Å². The summed E-state index contributed by atoms with van der Waals surface area (Å²) >= 11 is 0. The molecular weight excluding hydrogens is 258 g/mol. The first-order chi connectivity index (χ1) is 10.4. The fraction of sp³-hybridized carbons (Fsp3) is 0.500. The normalized spacial score (nSPS) is 28.5. The number of aromatic nitrogens is 2. The number of aryl methyl sites for hydroxylation is 1. The molecule has 1 aromatic heterocycles. The van der Waals surface area contributed by atoms with Crippen molar-refractivity contribution in [3.8, 4) is 0 Å². The maximum absolute atomic E-state index is 4.22. The van der Waals surface area contributed by atoms with Gasteiger partial charge in [0.25, 0.3) is 0 Å². The van der Waals surface area contributed by atoms with Crippen LogP contribution >= 0.6 is 0 Å². The van der Waals surface area contributed by atoms with Crippen molar-refractivity contribution in [2.45, 2.75) is 56.7 Å². The number of hydrogen-bond donors (Lipinski definition) is 1. The molecule has 4 rings (SSSR count). The first-order valence-corrected chi connectivity index (χ1v) is 8.23. The highest BCUT2D eigenvalue weighted by Gasteiger charge is 2.31. The van der Waals surface area contributed by atoms with Gasteiger partial charge in [0.15, 0.2) is 0 Å². The van der Waals surface area contributed by atoms with Gasteiger partial charge in [0.1, 0.15) is 0 Å². The van der Waals surface area contributed by atoms with Crippen molar-refractivity contribution < 1.29 is 0 Å². The summed E-state index contributed by atoms with van der Waals surface area (Å²) in [6.45, 7) is 0. The maximum atomic E-state index is 4.22. The molecule has 21 heavy (non-hydrogen) atoms. The van der Waals surface area contributed by atoms with E-state index in [1.165, 1.54) is 44.1 Å². The Labute approximate surface area is 126 Å². The van der Waals surface area contributed by atoms with Crippen LogP contribution in [0.1, 0.15) is 55.3 Å². The van der Waals surface area contributed by atoms with Gasteiger partial charge in [-0.1, -0.05) is 24.3 Å². The third-order valence-electron chi connectivity index (χ3n) is 5.17. The third-order valence-corrected chi connectivity index (χ3v) is 5.17. The lowest BCUT2D eigenvalue weighted by Gasteiger charge is -2.32. The Morgan fingerprint density at radius 2 is 2.05 bits per heavy atom. The summed E-state index contributed by atoms with van der Waals surface area (Å²) in [6, 6.07) is 10.6. The van der Waals surface area contributed by atoms with Gasteiger partial charge in [-0.25, -0.2) is 4.98 Å². The van der Waals surface area contributed by atoms with Gasteiger partial charge < -0.3 is 9.88 Å². The Bertz CT molecular complexity index is 590. The first-order valence-electron chi connectivity index (χ1n) is 8.23. The summed E-state index contributed by atoms with van der Waals surface area (Å²) in [4.78, 5) is 4.22. The minimum Gasteiger partial charge on any atom is -0.333 e. The van der Waals surface area contributed by atoms with Gasteiger partial charge in [-0.05, 0) is 49.7 Å². The third kappa shape index (κ3) is 2.51. The van der Waals surface area contributed by atoms with E-state index < -0.39 is 0 Å². The zero-order valence-electron chi connectivity index (χ0n) is 12.4. The van der Waals surface area contributed by atoms with Gasteiger partial charge in [-0.3, -0.25) is 0 Å². The second-order valence-corrected chi connectivity index (χ2v) is 6.42. The second-order valence-electron chi connectivity index (χ2n) is 6.42. The summed E-state index contributed by atoms with van der Waals surface area (Å²) < 4.78 is 2.29. The molecule has 0 spiro atoms. The molecule has 2 aliphatic carbocycles. The van der Waals surface area contributed by atoms with Crippen LogP contribution in [0.2, 0.25) is 0 Å². The van der Waals surface area contributed by atoms with Crippen molar-refractivity contribution in [1.82, 2.24) is 14.9 Å². The average Bonchev–Trinajstić information content (AvgIpc) is 3.18. The molecule has 3 nitrogen and oxygen atoms in total. The van der Waals surface area contributed by atoms with Crippen LogP contribution in [0.25, 0.3) is 0 Å². The molecule has 1 saturated carbocycles. The van der Waals surface area contributed by atoms with Crippen molar-refractivity contribution in [1.29, 1.82) is 0 Å². The van der Waals surface area contributed by atoms with Crippen molar-refractivity contribution >= 4 is 0 Å². The lowest BCUT2D eigenvalue weighted by atomic mass is 9.87. The Hall–Kier alpha value is -1.61. The van der Waals surface area contributed by atoms with E-state index in [-0.39, 0.29) is 0 Å². The zero-order valence-corrected chi connectivity index (χ0v) is 12.4. The zero-order chi connectivity index (χ0) is 14.1. The molecule has 3 unspecified atom stereocenters. The summed E-state index contributed by atoms with van der Waals surface area (Å²) in [5.74, 6) is 0. The lowest BCUT2D eigenvalue weighted by molar-refractivity contribution is 0.333. The predicted octanol–water partition coefficient (Wildman–Crippen LogP) is 3.64. The van der Waals surface area contributed by atoms with Crippen LogP contribution in [0.3, 0.4) is 0 Å². The summed E-state index contributed by atoms with van der Waals surface area (Å²) in [7, 11) is 0. The average molecular weight is 281 g/mol. The number of hydrogen-bond acceptors (Lipinski definition) is 2. The molecule has 1 fully saturated rings. The second kappa shape index (κ2) is 5.64. The van der Waals surface area contributed by atoms with Crippen molar-refractivity contribution in [2.24, 2.45) is 0 Å². The molecule has 1 heterocycles. The van der Waals surface area contributed by atoms with Gasteiger partial charge >= 0.3 is 0 Å². The highest BCUT2D eigenvalue weighted by Crippen LogP contribution is 2.35. The Morgan fingerprint density at radius 3 is 2.95 bits per heavy atom. The molecule has 3 heteroatoms. The van der Waals surface area contributed by atoms with E-state index in [2.05, 4.69) is 45.3 Å². The van der Waals surface area contributed by atoms with E-state index in [1.54, 1.807) is 5.56 Å². The van der Waals surface area contributed by atoms with E-state index in [1.807, 2.05) is 12.5 Å². The van der Waals surface area contributed by atoms with Crippen LogP contribution in [-0.4, -0.2) is 15.6 Å². The number of fused-ring (bicyclic) bond motifs is 1. The summed E-state index contributed by atoms with van der Waals surface area (Å²) in [6.07, 6.45) is 13.6. The van der Waals surface area contributed by atoms with E-state index >= 15 is 0 Å². The fourth-order valence-corrected chi connectivity index (χ4v) is 4.14. The Morgan fingerprint density at radius 1 is 1.10 bits per heavy atom. The number of rotatable bonds is 3. The molecule has 0 aliphatic heterocycles. The fourth-order valence-electron chi connectivity index (χ4n) is 4.14. The number of benzene rings is 1. The molecule has 0 bridgehead atoms. The number of imidazole rings is 1. The quantitative estimate of drug-likeness (QED) is 0.930. The predicted molar refractivity (Wildman–Crippen MR) is 84.2 cm³/mol. The van der Waals surface area contributed by atoms with Gasteiger partial charge in [0.05, 0.1) is 6.33 Å². The summed E-state index contributed by atoms with van der Waals surface area (Å²) in [5, 5.41) is 3.96. The van der Waals surface area contributed by atoms with E-state index in [4.69, 9.17) is 0 Å². The molecule has 0 saturated heterocycles. The van der Waals surface area contributed by atoms with E-state index in [0.29, 0.717) is 18.1 Å². The first kappa shape index (κ1) is 13.1. The topological polar surface area (TPSA) is 29.9 Å². The minimum absolute atomic E-state index is 0.532. The Balaban J connectivity index is 1.54. The lowest BCUT2D eigenvalue weighted by Crippen LogP contribution is -2.37. The molecule has 1 aromatic carbocycles. The van der Waals surface area contributed by atoms with E-state index in [9.17, 15) is 0 Å². The Kier molecular flexibility index (Phi) is 3.52. The summed E-state index contributed by atoms with van der Waals surface area (Å²) in [5.41, 5.74) is 3.07. The molecule has 2 aromatic rings. The smallest absolute Gasteiger partial charge is 0.0949 e. The van der Waals surface area contributed by atoms with Gasteiger partial charge in [0, 0.05) is 30.5 Å². The van der Waals surface area contributed by atoms with Crippen LogP contribution < -0.4 is 5.32 Å². The van der Waals surface area contributed by atoms with Gasteiger partial charge in [0.2, 0.25) is 0 Å². The van der Waals surface area contributed by atoms with Crippen LogP contribution in [-0.2, 0) is 6.42 Å².